The molecule has 0 fully saturated rings. The molecule has 0 radical (unpaired) electrons. The molecule has 2 amide bonds. The van der Waals surface area contributed by atoms with Gasteiger partial charge in [0.25, 0.3) is 0 Å². The number of aliphatic carboxylic acids is 1. The van der Waals surface area contributed by atoms with Gasteiger partial charge in [-0.2, -0.15) is 0 Å². The van der Waals surface area contributed by atoms with Crippen LogP contribution in [0.5, 0.6) is 0 Å². The molecule has 0 aromatic heterocycles. The van der Waals surface area contributed by atoms with E-state index in [2.05, 4.69) is 10.6 Å². The summed E-state index contributed by atoms with van der Waals surface area (Å²) in [6.07, 6.45) is 0.222. The first kappa shape index (κ1) is 15.9. The number of primary sulfonamides is 1. The normalized spacial score (nSPS) is 12.5. The van der Waals surface area contributed by atoms with Gasteiger partial charge in [-0.3, -0.25) is 0 Å². The third kappa shape index (κ3) is 4.52. The molecule has 9 heteroatoms. The molecular formula is C11H15N3O5S. The highest BCUT2D eigenvalue weighted by Crippen LogP contribution is 2.13. The monoisotopic (exact) mass is 301 g/mol. The third-order valence-corrected chi connectivity index (χ3v) is 3.34. The van der Waals surface area contributed by atoms with Crippen LogP contribution in [0.2, 0.25) is 0 Å². The Balaban J connectivity index is 2.79. The third-order valence-electron chi connectivity index (χ3n) is 2.43. The summed E-state index contributed by atoms with van der Waals surface area (Å²) < 4.78 is 22.3. The molecule has 0 aliphatic rings. The molecular weight excluding hydrogens is 286 g/mol. The number of carbonyl (C=O) groups excluding carboxylic acids is 1. The fraction of sp³-hybridized carbons (Fsp3) is 0.273. The van der Waals surface area contributed by atoms with Crippen LogP contribution in [0.25, 0.3) is 0 Å². The van der Waals surface area contributed by atoms with Gasteiger partial charge in [0, 0.05) is 5.69 Å². The van der Waals surface area contributed by atoms with Crippen molar-refractivity contribution < 1.29 is 23.1 Å². The standard InChI is InChI=1S/C11H15N3O5S/c1-2-9(10(15)16)14-11(17)13-7-4-3-5-8(6-7)20(12,18)19/h3-6,9H,2H2,1H3,(H,15,16)(H2,12,18,19)(H2,13,14,17)/t9-/m1/s1. The summed E-state index contributed by atoms with van der Waals surface area (Å²) >= 11 is 0. The van der Waals surface area contributed by atoms with Crippen LogP contribution in [0, 0.1) is 0 Å². The van der Waals surface area contributed by atoms with Gasteiger partial charge in [0.15, 0.2) is 0 Å². The van der Waals surface area contributed by atoms with Crippen molar-refractivity contribution in [2.75, 3.05) is 5.32 Å². The lowest BCUT2D eigenvalue weighted by Gasteiger charge is -2.13. The number of urea groups is 1. The van der Waals surface area contributed by atoms with E-state index in [1.54, 1.807) is 6.92 Å². The van der Waals surface area contributed by atoms with Crippen molar-refractivity contribution in [3.8, 4) is 0 Å². The molecule has 0 saturated carbocycles. The van der Waals surface area contributed by atoms with Gasteiger partial charge >= 0.3 is 12.0 Å². The van der Waals surface area contributed by atoms with Crippen molar-refractivity contribution in [3.63, 3.8) is 0 Å². The number of amides is 2. The number of benzene rings is 1. The van der Waals surface area contributed by atoms with E-state index in [1.807, 2.05) is 0 Å². The lowest BCUT2D eigenvalue weighted by molar-refractivity contribution is -0.139. The number of sulfonamides is 1. The lowest BCUT2D eigenvalue weighted by Crippen LogP contribution is -2.42. The molecule has 0 spiro atoms. The summed E-state index contributed by atoms with van der Waals surface area (Å²) in [5.41, 5.74) is 0.189. The first-order valence-corrected chi connectivity index (χ1v) is 7.22. The zero-order valence-corrected chi connectivity index (χ0v) is 11.5. The summed E-state index contributed by atoms with van der Waals surface area (Å²) in [6.45, 7) is 1.61. The minimum Gasteiger partial charge on any atom is -0.480 e. The molecule has 0 saturated heterocycles. The van der Waals surface area contributed by atoms with Crippen LogP contribution in [0.4, 0.5) is 10.5 Å². The zero-order chi connectivity index (χ0) is 15.3. The molecule has 0 aliphatic carbocycles. The average Bonchev–Trinajstić information content (AvgIpc) is 2.34. The molecule has 0 heterocycles. The number of nitrogens with one attached hydrogen (secondary N) is 2. The molecule has 1 atom stereocenters. The van der Waals surface area contributed by atoms with Crippen molar-refractivity contribution in [2.45, 2.75) is 24.3 Å². The van der Waals surface area contributed by atoms with Crippen LogP contribution in [-0.2, 0) is 14.8 Å². The van der Waals surface area contributed by atoms with E-state index in [0.29, 0.717) is 0 Å². The van der Waals surface area contributed by atoms with E-state index in [0.717, 1.165) is 0 Å². The maximum atomic E-state index is 11.6. The average molecular weight is 301 g/mol. The van der Waals surface area contributed by atoms with Crippen LogP contribution in [-0.4, -0.2) is 31.6 Å². The second kappa shape index (κ2) is 6.35. The second-order valence-electron chi connectivity index (χ2n) is 3.97. The van der Waals surface area contributed by atoms with Gasteiger partial charge in [-0.25, -0.2) is 23.1 Å². The fourth-order valence-electron chi connectivity index (χ4n) is 1.41. The maximum absolute atomic E-state index is 11.6. The van der Waals surface area contributed by atoms with Crippen molar-refractivity contribution in [1.29, 1.82) is 0 Å². The van der Waals surface area contributed by atoms with Gasteiger partial charge in [0.1, 0.15) is 6.04 Å². The number of carboxylic acid groups (broad SMARTS) is 1. The van der Waals surface area contributed by atoms with E-state index in [4.69, 9.17) is 10.2 Å². The van der Waals surface area contributed by atoms with Crippen LogP contribution in [0.3, 0.4) is 0 Å². The molecule has 0 bridgehead atoms. The summed E-state index contributed by atoms with van der Waals surface area (Å²) in [5, 5.41) is 18.3. The van der Waals surface area contributed by atoms with E-state index < -0.39 is 28.1 Å². The Hall–Kier alpha value is -2.13. The number of anilines is 1. The van der Waals surface area contributed by atoms with E-state index in [9.17, 15) is 18.0 Å². The van der Waals surface area contributed by atoms with Crippen LogP contribution < -0.4 is 15.8 Å². The quantitative estimate of drug-likeness (QED) is 0.620. The Labute approximate surface area is 116 Å². The molecule has 110 valence electrons. The van der Waals surface area contributed by atoms with E-state index in [1.165, 1.54) is 24.3 Å². The van der Waals surface area contributed by atoms with Gasteiger partial charge in [-0.05, 0) is 24.6 Å². The topological polar surface area (TPSA) is 139 Å². The highest BCUT2D eigenvalue weighted by atomic mass is 32.2. The lowest BCUT2D eigenvalue weighted by atomic mass is 10.2. The number of carboxylic acids is 1. The summed E-state index contributed by atoms with van der Waals surface area (Å²) in [7, 11) is -3.87. The molecule has 0 aliphatic heterocycles. The number of hydrogen-bond acceptors (Lipinski definition) is 4. The molecule has 0 unspecified atom stereocenters. The molecule has 20 heavy (non-hydrogen) atoms. The predicted molar refractivity (Wildman–Crippen MR) is 71.7 cm³/mol. The highest BCUT2D eigenvalue weighted by molar-refractivity contribution is 7.89. The van der Waals surface area contributed by atoms with Gasteiger partial charge in [-0.15, -0.1) is 0 Å². The van der Waals surface area contributed by atoms with Crippen LogP contribution >= 0.6 is 0 Å². The zero-order valence-electron chi connectivity index (χ0n) is 10.7. The van der Waals surface area contributed by atoms with Crippen molar-refractivity contribution in [3.05, 3.63) is 24.3 Å². The highest BCUT2D eigenvalue weighted by Gasteiger charge is 2.17. The van der Waals surface area contributed by atoms with Gasteiger partial charge in [0.05, 0.1) is 4.90 Å². The van der Waals surface area contributed by atoms with Gasteiger partial charge in [-0.1, -0.05) is 13.0 Å². The predicted octanol–water partition coefficient (Wildman–Crippen LogP) is 0.319. The molecule has 1 aromatic carbocycles. The molecule has 5 N–H and O–H groups in total. The largest absolute Gasteiger partial charge is 0.480 e. The Bertz CT molecular complexity index is 614. The fourth-order valence-corrected chi connectivity index (χ4v) is 1.97. The maximum Gasteiger partial charge on any atom is 0.326 e. The first-order chi connectivity index (χ1) is 9.24. The molecule has 1 rings (SSSR count). The molecule has 1 aromatic rings. The Morgan fingerprint density at radius 3 is 2.55 bits per heavy atom. The van der Waals surface area contributed by atoms with E-state index >= 15 is 0 Å². The van der Waals surface area contributed by atoms with Gasteiger partial charge < -0.3 is 15.7 Å². The number of carbonyl (C=O) groups is 2. The van der Waals surface area contributed by atoms with Crippen LogP contribution in [0.15, 0.2) is 29.2 Å². The minimum atomic E-state index is -3.87. The first-order valence-electron chi connectivity index (χ1n) is 5.67. The van der Waals surface area contributed by atoms with Gasteiger partial charge in [0.2, 0.25) is 10.0 Å². The second-order valence-corrected chi connectivity index (χ2v) is 5.53. The van der Waals surface area contributed by atoms with Crippen molar-refractivity contribution in [1.82, 2.24) is 5.32 Å². The smallest absolute Gasteiger partial charge is 0.326 e. The minimum absolute atomic E-state index is 0.152. The number of hydrogen-bond donors (Lipinski definition) is 4. The summed E-state index contributed by atoms with van der Waals surface area (Å²) in [5.74, 6) is -1.15. The Morgan fingerprint density at radius 1 is 1.40 bits per heavy atom. The number of rotatable bonds is 5. The van der Waals surface area contributed by atoms with Crippen LogP contribution in [0.1, 0.15) is 13.3 Å². The number of nitrogens with two attached hydrogens (primary N) is 1. The summed E-state index contributed by atoms with van der Waals surface area (Å²) in [4.78, 5) is 22.2. The van der Waals surface area contributed by atoms with Crippen molar-refractivity contribution >= 4 is 27.7 Å². The summed E-state index contributed by atoms with van der Waals surface area (Å²) in [6, 6.07) is 3.56. The van der Waals surface area contributed by atoms with E-state index in [-0.39, 0.29) is 17.0 Å². The van der Waals surface area contributed by atoms with Crippen molar-refractivity contribution in [2.24, 2.45) is 5.14 Å². The Morgan fingerprint density at radius 2 is 2.05 bits per heavy atom. The molecule has 8 nitrogen and oxygen atoms in total. The Kier molecular flexibility index (Phi) is 5.06. The SMILES string of the molecule is CC[C@@H](NC(=O)Nc1cccc(S(N)(=O)=O)c1)C(=O)O.